The lowest BCUT2D eigenvalue weighted by atomic mass is 10.1. The lowest BCUT2D eigenvalue weighted by molar-refractivity contribution is 0.249. The second-order valence-corrected chi connectivity index (χ2v) is 3.03. The summed E-state index contributed by atoms with van der Waals surface area (Å²) in [5.41, 5.74) is 7.39. The van der Waals surface area contributed by atoms with Crippen LogP contribution in [-0.4, -0.2) is 12.6 Å². The van der Waals surface area contributed by atoms with Crippen molar-refractivity contribution in [3.05, 3.63) is 35.4 Å². The van der Waals surface area contributed by atoms with Gasteiger partial charge in [0.15, 0.2) is 0 Å². The summed E-state index contributed by atoms with van der Waals surface area (Å²) in [7, 11) is 0. The van der Waals surface area contributed by atoms with Gasteiger partial charge < -0.3 is 11.1 Å². The first-order valence-electron chi connectivity index (χ1n) is 4.27. The molecule has 0 saturated heterocycles. The Bertz CT molecular complexity index is 297. The average molecular weight is 178 g/mol. The van der Waals surface area contributed by atoms with Crippen molar-refractivity contribution >= 4 is 6.03 Å². The van der Waals surface area contributed by atoms with Crippen LogP contribution in [-0.2, 0) is 6.42 Å². The first kappa shape index (κ1) is 9.58. The van der Waals surface area contributed by atoms with Crippen LogP contribution in [0.25, 0.3) is 0 Å². The molecule has 3 nitrogen and oxygen atoms in total. The van der Waals surface area contributed by atoms with Crippen molar-refractivity contribution in [3.8, 4) is 0 Å². The predicted molar refractivity (Wildman–Crippen MR) is 52.5 cm³/mol. The van der Waals surface area contributed by atoms with Crippen LogP contribution in [0.15, 0.2) is 24.3 Å². The highest BCUT2D eigenvalue weighted by Gasteiger charge is 1.94. The second kappa shape index (κ2) is 4.50. The fraction of sp³-hybridized carbons (Fsp3) is 0.300. The smallest absolute Gasteiger partial charge is 0.312 e. The minimum atomic E-state index is -0.465. The Balaban J connectivity index is 2.41. The summed E-state index contributed by atoms with van der Waals surface area (Å²) in [5, 5.41) is 2.55. The zero-order valence-electron chi connectivity index (χ0n) is 7.71. The van der Waals surface area contributed by atoms with Crippen molar-refractivity contribution in [2.75, 3.05) is 6.54 Å². The maximum Gasteiger partial charge on any atom is 0.312 e. The third kappa shape index (κ3) is 3.60. The Labute approximate surface area is 77.9 Å². The Morgan fingerprint density at radius 2 is 2.31 bits per heavy atom. The molecule has 3 N–H and O–H groups in total. The van der Waals surface area contributed by atoms with Crippen molar-refractivity contribution in [2.45, 2.75) is 13.3 Å². The average Bonchev–Trinajstić information content (AvgIpc) is 2.03. The molecule has 2 amide bonds. The molecule has 0 unspecified atom stereocenters. The highest BCUT2D eigenvalue weighted by molar-refractivity contribution is 5.71. The summed E-state index contributed by atoms with van der Waals surface area (Å²) in [5.74, 6) is 0. The number of carbonyl (C=O) groups excluding carboxylic acids is 1. The maximum atomic E-state index is 10.4. The van der Waals surface area contributed by atoms with Gasteiger partial charge in [0, 0.05) is 6.54 Å². The number of nitrogens with one attached hydrogen (secondary N) is 1. The number of benzene rings is 1. The van der Waals surface area contributed by atoms with E-state index in [1.165, 1.54) is 11.1 Å². The molecule has 13 heavy (non-hydrogen) atoms. The SMILES string of the molecule is Cc1cccc(CCNC(N)=O)c1. The lowest BCUT2D eigenvalue weighted by Crippen LogP contribution is -2.30. The molecule has 1 rings (SSSR count). The number of nitrogens with two attached hydrogens (primary N) is 1. The highest BCUT2D eigenvalue weighted by Crippen LogP contribution is 2.03. The number of urea groups is 1. The first-order valence-corrected chi connectivity index (χ1v) is 4.27. The zero-order chi connectivity index (χ0) is 9.68. The van der Waals surface area contributed by atoms with Gasteiger partial charge in [-0.3, -0.25) is 0 Å². The molecule has 0 aliphatic heterocycles. The Morgan fingerprint density at radius 1 is 1.54 bits per heavy atom. The van der Waals surface area contributed by atoms with E-state index in [-0.39, 0.29) is 0 Å². The van der Waals surface area contributed by atoms with E-state index in [1.54, 1.807) is 0 Å². The first-order chi connectivity index (χ1) is 6.18. The van der Waals surface area contributed by atoms with Crippen LogP contribution in [0.3, 0.4) is 0 Å². The fourth-order valence-corrected chi connectivity index (χ4v) is 1.20. The molecule has 0 atom stereocenters. The van der Waals surface area contributed by atoms with E-state index in [9.17, 15) is 4.79 Å². The Kier molecular flexibility index (Phi) is 3.31. The van der Waals surface area contributed by atoms with Gasteiger partial charge in [-0.1, -0.05) is 29.8 Å². The van der Waals surface area contributed by atoms with Crippen LogP contribution in [0.4, 0.5) is 4.79 Å². The third-order valence-electron chi connectivity index (χ3n) is 1.80. The Morgan fingerprint density at radius 3 is 2.92 bits per heavy atom. The molecule has 3 heteroatoms. The number of primary amides is 1. The molecule has 0 saturated carbocycles. The van der Waals surface area contributed by atoms with E-state index in [0.29, 0.717) is 6.54 Å². The number of rotatable bonds is 3. The van der Waals surface area contributed by atoms with Crippen LogP contribution < -0.4 is 11.1 Å². The van der Waals surface area contributed by atoms with Gasteiger partial charge in [-0.25, -0.2) is 4.79 Å². The number of hydrogen-bond donors (Lipinski definition) is 2. The molecular formula is C10H14N2O. The summed E-state index contributed by atoms with van der Waals surface area (Å²) < 4.78 is 0. The molecule has 0 fully saturated rings. The lowest BCUT2D eigenvalue weighted by Gasteiger charge is -2.02. The monoisotopic (exact) mass is 178 g/mol. The summed E-state index contributed by atoms with van der Waals surface area (Å²) >= 11 is 0. The van der Waals surface area contributed by atoms with Gasteiger partial charge in [0.05, 0.1) is 0 Å². The molecule has 70 valence electrons. The van der Waals surface area contributed by atoms with Crippen LogP contribution in [0.5, 0.6) is 0 Å². The minimum Gasteiger partial charge on any atom is -0.352 e. The summed E-state index contributed by atoms with van der Waals surface area (Å²) in [6.45, 7) is 2.64. The van der Waals surface area contributed by atoms with Crippen LogP contribution in [0.2, 0.25) is 0 Å². The molecule has 1 aromatic carbocycles. The van der Waals surface area contributed by atoms with E-state index in [4.69, 9.17) is 5.73 Å². The number of amides is 2. The molecule has 0 spiro atoms. The van der Waals surface area contributed by atoms with Crippen molar-refractivity contribution < 1.29 is 4.79 Å². The second-order valence-electron chi connectivity index (χ2n) is 3.03. The van der Waals surface area contributed by atoms with E-state index < -0.39 is 6.03 Å². The Hall–Kier alpha value is -1.51. The van der Waals surface area contributed by atoms with Crippen LogP contribution in [0, 0.1) is 6.92 Å². The normalized spacial score (nSPS) is 9.62. The molecule has 0 aromatic heterocycles. The van der Waals surface area contributed by atoms with Gasteiger partial charge in [0.2, 0.25) is 0 Å². The van der Waals surface area contributed by atoms with Gasteiger partial charge in [0.1, 0.15) is 0 Å². The zero-order valence-corrected chi connectivity index (χ0v) is 7.71. The summed E-state index contributed by atoms with van der Waals surface area (Å²) in [6.07, 6.45) is 0.824. The van der Waals surface area contributed by atoms with E-state index in [2.05, 4.69) is 11.4 Å². The quantitative estimate of drug-likeness (QED) is 0.718. The standard InChI is InChI=1S/C10H14N2O/c1-8-3-2-4-9(7-8)5-6-12-10(11)13/h2-4,7H,5-6H2,1H3,(H3,11,12,13). The molecule has 0 aliphatic rings. The third-order valence-corrected chi connectivity index (χ3v) is 1.80. The molecule has 1 aromatic rings. The van der Waals surface area contributed by atoms with E-state index in [1.807, 2.05) is 25.1 Å². The fourth-order valence-electron chi connectivity index (χ4n) is 1.20. The number of carbonyl (C=O) groups is 1. The molecular weight excluding hydrogens is 164 g/mol. The number of aryl methyl sites for hydroxylation is 1. The van der Waals surface area contributed by atoms with Crippen molar-refractivity contribution in [1.82, 2.24) is 5.32 Å². The van der Waals surface area contributed by atoms with Gasteiger partial charge in [-0.15, -0.1) is 0 Å². The van der Waals surface area contributed by atoms with Crippen molar-refractivity contribution in [2.24, 2.45) is 5.73 Å². The van der Waals surface area contributed by atoms with Crippen molar-refractivity contribution in [3.63, 3.8) is 0 Å². The minimum absolute atomic E-state index is 0.465. The summed E-state index contributed by atoms with van der Waals surface area (Å²) in [6, 6.07) is 7.73. The molecule has 0 aliphatic carbocycles. The molecule has 0 heterocycles. The van der Waals surface area contributed by atoms with Crippen LogP contribution >= 0.6 is 0 Å². The van der Waals surface area contributed by atoms with Crippen molar-refractivity contribution in [1.29, 1.82) is 0 Å². The highest BCUT2D eigenvalue weighted by atomic mass is 16.2. The topological polar surface area (TPSA) is 55.1 Å². The predicted octanol–water partition coefficient (Wildman–Crippen LogP) is 1.21. The van der Waals surface area contributed by atoms with Gasteiger partial charge in [0.25, 0.3) is 0 Å². The van der Waals surface area contributed by atoms with Gasteiger partial charge >= 0.3 is 6.03 Å². The maximum absolute atomic E-state index is 10.4. The van der Waals surface area contributed by atoms with Gasteiger partial charge in [-0.05, 0) is 18.9 Å². The number of hydrogen-bond acceptors (Lipinski definition) is 1. The molecule has 0 radical (unpaired) electrons. The van der Waals surface area contributed by atoms with Gasteiger partial charge in [-0.2, -0.15) is 0 Å². The molecule has 0 bridgehead atoms. The summed E-state index contributed by atoms with van der Waals surface area (Å²) in [4.78, 5) is 10.4. The van der Waals surface area contributed by atoms with E-state index in [0.717, 1.165) is 6.42 Å². The van der Waals surface area contributed by atoms with Crippen LogP contribution in [0.1, 0.15) is 11.1 Å². The largest absolute Gasteiger partial charge is 0.352 e. The van der Waals surface area contributed by atoms with E-state index >= 15 is 0 Å².